The average Bonchev–Trinajstić information content (AvgIpc) is 3.00. The predicted molar refractivity (Wildman–Crippen MR) is 97.8 cm³/mol. The molecule has 0 saturated carbocycles. The van der Waals surface area contributed by atoms with Crippen molar-refractivity contribution in [1.29, 1.82) is 0 Å². The number of nitrogens with one attached hydrogen (secondary N) is 3. The topological polar surface area (TPSA) is 151 Å². The molecule has 2 aromatic heterocycles. The molecule has 27 heavy (non-hydrogen) atoms. The molecule has 2 aromatic rings. The van der Waals surface area contributed by atoms with Crippen molar-refractivity contribution >= 4 is 23.5 Å². The van der Waals surface area contributed by atoms with E-state index in [0.717, 1.165) is 11.8 Å². The Kier molecular flexibility index (Phi) is 7.53. The van der Waals surface area contributed by atoms with Gasteiger partial charge < -0.3 is 14.7 Å². The van der Waals surface area contributed by atoms with Crippen LogP contribution in [-0.4, -0.2) is 43.5 Å². The highest BCUT2D eigenvalue weighted by Gasteiger charge is 2.16. The minimum absolute atomic E-state index is 0.200. The second-order valence-electron chi connectivity index (χ2n) is 5.70. The first kappa shape index (κ1) is 20.6. The van der Waals surface area contributed by atoms with Gasteiger partial charge >= 0.3 is 11.7 Å². The molecule has 0 aromatic carbocycles. The van der Waals surface area contributed by atoms with Gasteiger partial charge in [-0.05, 0) is 26.7 Å². The van der Waals surface area contributed by atoms with E-state index in [-0.39, 0.29) is 47.3 Å². The molecule has 0 radical (unpaired) electrons. The molecule has 3 N–H and O–H groups in total. The standard InChI is InChI=1S/C16H21N5O5S/c1-3-26-12(23)7-5-4-6-11(22)13-10(17-15(25)18-13)8-27-16-19-14(24)9(2)20-21-16/h3-8H2,1-2H3,(H2,17,18,25)(H,19,21,24). The third-order valence-corrected chi connectivity index (χ3v) is 4.51. The number of carbonyl (C=O) groups is 2. The predicted octanol–water partition coefficient (Wildman–Crippen LogP) is 1.09. The van der Waals surface area contributed by atoms with Gasteiger partial charge in [0.15, 0.2) is 10.9 Å². The molecule has 0 amide bonds. The number of ether oxygens (including phenoxy) is 1. The summed E-state index contributed by atoms with van der Waals surface area (Å²) in [4.78, 5) is 54.4. The summed E-state index contributed by atoms with van der Waals surface area (Å²) in [5.41, 5.74) is 0.0553. The summed E-state index contributed by atoms with van der Waals surface area (Å²) in [6.07, 6.45) is 1.50. The molecule has 0 aliphatic heterocycles. The molecular formula is C16H21N5O5S. The third-order valence-electron chi connectivity index (χ3n) is 3.62. The molecule has 2 heterocycles. The Morgan fingerprint density at radius 3 is 2.52 bits per heavy atom. The zero-order valence-corrected chi connectivity index (χ0v) is 15.9. The van der Waals surface area contributed by atoms with E-state index in [9.17, 15) is 19.2 Å². The van der Waals surface area contributed by atoms with Crippen molar-refractivity contribution in [2.45, 2.75) is 50.4 Å². The number of ketones is 1. The van der Waals surface area contributed by atoms with E-state index in [0.29, 0.717) is 30.3 Å². The number of hydrogen-bond donors (Lipinski definition) is 3. The molecule has 0 saturated heterocycles. The third kappa shape index (κ3) is 6.20. The Balaban J connectivity index is 1.92. The Morgan fingerprint density at radius 2 is 1.81 bits per heavy atom. The molecule has 146 valence electrons. The second kappa shape index (κ2) is 9.86. The summed E-state index contributed by atoms with van der Waals surface area (Å²) < 4.78 is 4.83. The smallest absolute Gasteiger partial charge is 0.323 e. The number of hydrogen-bond acceptors (Lipinski definition) is 8. The summed E-state index contributed by atoms with van der Waals surface area (Å²) in [7, 11) is 0. The SMILES string of the molecule is CCOC(=O)CCCCC(=O)c1[nH]c(=O)[nH]c1CSc1nnc(C)c(=O)[nH]1. The van der Waals surface area contributed by atoms with Crippen LogP contribution in [0.1, 0.15) is 54.5 Å². The first-order valence-electron chi connectivity index (χ1n) is 8.47. The Morgan fingerprint density at radius 1 is 1.07 bits per heavy atom. The minimum Gasteiger partial charge on any atom is -0.466 e. The first-order valence-corrected chi connectivity index (χ1v) is 9.45. The van der Waals surface area contributed by atoms with Crippen molar-refractivity contribution in [3.05, 3.63) is 37.9 Å². The number of aromatic amines is 3. The highest BCUT2D eigenvalue weighted by atomic mass is 32.2. The van der Waals surface area contributed by atoms with Crippen LogP contribution in [0.4, 0.5) is 0 Å². The summed E-state index contributed by atoms with van der Waals surface area (Å²) in [5, 5.41) is 7.88. The van der Waals surface area contributed by atoms with Crippen LogP contribution in [0.15, 0.2) is 14.7 Å². The number of imidazole rings is 1. The minimum atomic E-state index is -0.482. The highest BCUT2D eigenvalue weighted by molar-refractivity contribution is 7.98. The summed E-state index contributed by atoms with van der Waals surface area (Å²) >= 11 is 1.15. The molecule has 0 atom stereocenters. The van der Waals surface area contributed by atoms with E-state index in [4.69, 9.17) is 4.74 Å². The molecule has 0 spiro atoms. The van der Waals surface area contributed by atoms with Gasteiger partial charge in [0.2, 0.25) is 0 Å². The lowest BCUT2D eigenvalue weighted by molar-refractivity contribution is -0.143. The summed E-state index contributed by atoms with van der Waals surface area (Å²) in [6.45, 7) is 3.61. The van der Waals surface area contributed by atoms with Crippen LogP contribution in [0.5, 0.6) is 0 Å². The molecular weight excluding hydrogens is 374 g/mol. The normalized spacial score (nSPS) is 10.7. The van der Waals surface area contributed by atoms with Gasteiger partial charge in [0, 0.05) is 18.6 Å². The monoisotopic (exact) mass is 395 g/mol. The zero-order chi connectivity index (χ0) is 19.8. The number of thioether (sulfide) groups is 1. The first-order chi connectivity index (χ1) is 12.9. The van der Waals surface area contributed by atoms with Crippen molar-refractivity contribution in [2.75, 3.05) is 6.61 Å². The van der Waals surface area contributed by atoms with Crippen molar-refractivity contribution in [3.8, 4) is 0 Å². The van der Waals surface area contributed by atoms with Gasteiger partial charge in [-0.2, -0.15) is 0 Å². The molecule has 10 nitrogen and oxygen atoms in total. The van der Waals surface area contributed by atoms with Crippen LogP contribution in [0.3, 0.4) is 0 Å². The second-order valence-corrected chi connectivity index (χ2v) is 6.67. The van der Waals surface area contributed by atoms with Gasteiger partial charge in [0.1, 0.15) is 11.4 Å². The molecule has 11 heteroatoms. The van der Waals surface area contributed by atoms with Crippen LogP contribution in [0.25, 0.3) is 0 Å². The Labute approximate surface area is 158 Å². The van der Waals surface area contributed by atoms with E-state index in [2.05, 4.69) is 25.1 Å². The van der Waals surface area contributed by atoms with Gasteiger partial charge in [-0.1, -0.05) is 11.8 Å². The quantitative estimate of drug-likeness (QED) is 0.234. The van der Waals surface area contributed by atoms with E-state index < -0.39 is 5.69 Å². The van der Waals surface area contributed by atoms with Crippen LogP contribution in [0.2, 0.25) is 0 Å². The lowest BCUT2D eigenvalue weighted by Crippen LogP contribution is -2.14. The van der Waals surface area contributed by atoms with Crippen molar-refractivity contribution in [2.24, 2.45) is 0 Å². The fourth-order valence-electron chi connectivity index (χ4n) is 2.26. The molecule has 0 aliphatic carbocycles. The molecule has 0 unspecified atom stereocenters. The van der Waals surface area contributed by atoms with Gasteiger partial charge in [0.05, 0.1) is 12.3 Å². The average molecular weight is 395 g/mol. The maximum Gasteiger partial charge on any atom is 0.323 e. The number of aryl methyl sites for hydroxylation is 1. The van der Waals surface area contributed by atoms with Gasteiger partial charge in [0.25, 0.3) is 5.56 Å². The number of H-pyrrole nitrogens is 3. The van der Waals surface area contributed by atoms with Crippen molar-refractivity contribution in [1.82, 2.24) is 25.1 Å². The van der Waals surface area contributed by atoms with Gasteiger partial charge in [-0.3, -0.25) is 19.4 Å². The van der Waals surface area contributed by atoms with Gasteiger partial charge in [-0.25, -0.2) is 4.79 Å². The number of Topliss-reactive ketones (excluding diaryl/α,β-unsaturated/α-hetero) is 1. The highest BCUT2D eigenvalue weighted by Crippen LogP contribution is 2.19. The number of esters is 1. The van der Waals surface area contributed by atoms with Crippen LogP contribution in [-0.2, 0) is 15.3 Å². The van der Waals surface area contributed by atoms with Gasteiger partial charge in [-0.15, -0.1) is 10.2 Å². The maximum atomic E-state index is 12.4. The van der Waals surface area contributed by atoms with Crippen molar-refractivity contribution < 1.29 is 14.3 Å². The summed E-state index contributed by atoms with van der Waals surface area (Å²) in [6, 6.07) is 0. The van der Waals surface area contributed by atoms with Crippen LogP contribution in [0, 0.1) is 6.92 Å². The lowest BCUT2D eigenvalue weighted by atomic mass is 10.1. The van der Waals surface area contributed by atoms with E-state index in [1.165, 1.54) is 0 Å². The molecule has 0 bridgehead atoms. The molecule has 2 rings (SSSR count). The summed E-state index contributed by atoms with van der Waals surface area (Å²) in [5.74, 6) is -0.280. The lowest BCUT2D eigenvalue weighted by Gasteiger charge is -2.04. The Bertz CT molecular complexity index is 916. The van der Waals surface area contributed by atoms with Crippen LogP contribution >= 0.6 is 11.8 Å². The van der Waals surface area contributed by atoms with Crippen molar-refractivity contribution in [3.63, 3.8) is 0 Å². The molecule has 0 fully saturated rings. The fourth-order valence-corrected chi connectivity index (χ4v) is 3.02. The van der Waals surface area contributed by atoms with E-state index in [1.807, 2.05) is 0 Å². The number of rotatable bonds is 10. The van der Waals surface area contributed by atoms with E-state index in [1.54, 1.807) is 13.8 Å². The van der Waals surface area contributed by atoms with E-state index >= 15 is 0 Å². The fraction of sp³-hybridized carbons (Fsp3) is 0.500. The number of unbranched alkanes of at least 4 members (excludes halogenated alkanes) is 1. The molecule has 0 aliphatic rings. The number of carbonyl (C=O) groups excluding carboxylic acids is 2. The maximum absolute atomic E-state index is 12.4. The largest absolute Gasteiger partial charge is 0.466 e. The number of aromatic nitrogens is 5. The zero-order valence-electron chi connectivity index (χ0n) is 15.1. The number of nitrogens with zero attached hydrogens (tertiary/aromatic N) is 2. The Hall–Kier alpha value is -2.69. The van der Waals surface area contributed by atoms with Crippen LogP contribution < -0.4 is 11.2 Å².